The van der Waals surface area contributed by atoms with Crippen molar-refractivity contribution >= 4 is 0 Å². The lowest BCUT2D eigenvalue weighted by Crippen LogP contribution is -2.53. The van der Waals surface area contributed by atoms with E-state index in [0.29, 0.717) is 6.04 Å². The molecule has 1 aliphatic rings. The first-order chi connectivity index (χ1) is 6.15. The summed E-state index contributed by atoms with van der Waals surface area (Å²) in [5, 5.41) is 0. The number of piperazine rings is 1. The van der Waals surface area contributed by atoms with Crippen molar-refractivity contribution in [3.8, 4) is 0 Å². The van der Waals surface area contributed by atoms with Gasteiger partial charge in [-0.1, -0.05) is 6.92 Å². The van der Waals surface area contributed by atoms with Gasteiger partial charge in [-0.3, -0.25) is 9.80 Å². The van der Waals surface area contributed by atoms with E-state index in [4.69, 9.17) is 0 Å². The highest BCUT2D eigenvalue weighted by atomic mass is 15.3. The lowest BCUT2D eigenvalue weighted by atomic mass is 10.1. The van der Waals surface area contributed by atoms with Gasteiger partial charge < -0.3 is 0 Å². The van der Waals surface area contributed by atoms with Crippen LogP contribution < -0.4 is 0 Å². The van der Waals surface area contributed by atoms with Crippen molar-refractivity contribution in [1.29, 1.82) is 0 Å². The molecule has 0 aromatic carbocycles. The van der Waals surface area contributed by atoms with Gasteiger partial charge in [-0.15, -0.1) is 0 Å². The SMILES string of the molecule is CCCN1CCN(C(C)C)C[C@H]1C. The second-order valence-electron chi connectivity index (χ2n) is 4.47. The van der Waals surface area contributed by atoms with Gasteiger partial charge in [0.2, 0.25) is 0 Å². The van der Waals surface area contributed by atoms with Gasteiger partial charge in [-0.2, -0.15) is 0 Å². The molecule has 0 spiro atoms. The summed E-state index contributed by atoms with van der Waals surface area (Å²) in [6.07, 6.45) is 1.28. The van der Waals surface area contributed by atoms with Crippen molar-refractivity contribution in [2.75, 3.05) is 26.2 Å². The molecule has 2 heteroatoms. The molecule has 0 aromatic rings. The minimum Gasteiger partial charge on any atom is -0.298 e. The molecule has 0 aromatic heterocycles. The highest BCUT2D eigenvalue weighted by Gasteiger charge is 2.23. The summed E-state index contributed by atoms with van der Waals surface area (Å²) in [4.78, 5) is 5.19. The minimum absolute atomic E-state index is 0.714. The molecule has 78 valence electrons. The largest absolute Gasteiger partial charge is 0.298 e. The second kappa shape index (κ2) is 4.97. The van der Waals surface area contributed by atoms with Crippen LogP contribution in [0.15, 0.2) is 0 Å². The van der Waals surface area contributed by atoms with E-state index in [1.165, 1.54) is 32.6 Å². The fourth-order valence-corrected chi connectivity index (χ4v) is 2.11. The van der Waals surface area contributed by atoms with Crippen LogP contribution >= 0.6 is 0 Å². The Kier molecular flexibility index (Phi) is 4.20. The Morgan fingerprint density at radius 2 is 2.00 bits per heavy atom. The van der Waals surface area contributed by atoms with Gasteiger partial charge in [-0.25, -0.2) is 0 Å². The van der Waals surface area contributed by atoms with Crippen molar-refractivity contribution in [2.24, 2.45) is 0 Å². The Labute approximate surface area is 82.9 Å². The van der Waals surface area contributed by atoms with E-state index < -0.39 is 0 Å². The molecule has 0 unspecified atom stereocenters. The predicted molar refractivity (Wildman–Crippen MR) is 58.0 cm³/mol. The van der Waals surface area contributed by atoms with Crippen molar-refractivity contribution in [1.82, 2.24) is 9.80 Å². The molecule has 0 N–H and O–H groups in total. The number of nitrogens with zero attached hydrogens (tertiary/aromatic N) is 2. The Hall–Kier alpha value is -0.0800. The van der Waals surface area contributed by atoms with Gasteiger partial charge in [0.15, 0.2) is 0 Å². The average molecular weight is 184 g/mol. The summed E-state index contributed by atoms with van der Waals surface area (Å²) in [5.74, 6) is 0. The molecule has 0 aliphatic carbocycles. The van der Waals surface area contributed by atoms with E-state index in [-0.39, 0.29) is 0 Å². The summed E-state index contributed by atoms with van der Waals surface area (Å²) in [6.45, 7) is 14.2. The fourth-order valence-electron chi connectivity index (χ4n) is 2.11. The molecule has 1 heterocycles. The summed E-state index contributed by atoms with van der Waals surface area (Å²) in [7, 11) is 0. The predicted octanol–water partition coefficient (Wildman–Crippen LogP) is 1.81. The molecule has 1 saturated heterocycles. The van der Waals surface area contributed by atoms with E-state index in [2.05, 4.69) is 37.5 Å². The summed E-state index contributed by atoms with van der Waals surface area (Å²) >= 11 is 0. The second-order valence-corrected chi connectivity index (χ2v) is 4.47. The smallest absolute Gasteiger partial charge is 0.0195 e. The minimum atomic E-state index is 0.714. The molecule has 13 heavy (non-hydrogen) atoms. The maximum absolute atomic E-state index is 2.61. The van der Waals surface area contributed by atoms with Gasteiger partial charge in [0, 0.05) is 31.7 Å². The summed E-state index contributed by atoms with van der Waals surface area (Å²) < 4.78 is 0. The molecular formula is C11H24N2. The zero-order valence-corrected chi connectivity index (χ0v) is 9.58. The van der Waals surface area contributed by atoms with Crippen molar-refractivity contribution < 1.29 is 0 Å². The van der Waals surface area contributed by atoms with Gasteiger partial charge in [0.1, 0.15) is 0 Å². The number of hydrogen-bond donors (Lipinski definition) is 0. The number of hydrogen-bond acceptors (Lipinski definition) is 2. The van der Waals surface area contributed by atoms with Crippen LogP contribution in [0.2, 0.25) is 0 Å². The van der Waals surface area contributed by atoms with Crippen LogP contribution in [0, 0.1) is 0 Å². The lowest BCUT2D eigenvalue weighted by molar-refractivity contribution is 0.0650. The monoisotopic (exact) mass is 184 g/mol. The van der Waals surface area contributed by atoms with Gasteiger partial charge in [-0.05, 0) is 33.7 Å². The maximum Gasteiger partial charge on any atom is 0.0195 e. The zero-order chi connectivity index (χ0) is 9.84. The van der Waals surface area contributed by atoms with E-state index in [9.17, 15) is 0 Å². The molecule has 0 bridgehead atoms. The van der Waals surface area contributed by atoms with Crippen molar-refractivity contribution in [3.63, 3.8) is 0 Å². The normalized spacial score (nSPS) is 27.0. The Bertz CT molecular complexity index is 145. The van der Waals surface area contributed by atoms with Crippen LogP contribution in [0.25, 0.3) is 0 Å². The Morgan fingerprint density at radius 3 is 2.46 bits per heavy atom. The molecule has 0 saturated carbocycles. The van der Waals surface area contributed by atoms with E-state index in [1.807, 2.05) is 0 Å². The lowest BCUT2D eigenvalue weighted by Gasteiger charge is -2.41. The highest BCUT2D eigenvalue weighted by molar-refractivity contribution is 4.80. The Morgan fingerprint density at radius 1 is 1.31 bits per heavy atom. The van der Waals surface area contributed by atoms with E-state index in [1.54, 1.807) is 0 Å². The van der Waals surface area contributed by atoms with Crippen LogP contribution in [0.5, 0.6) is 0 Å². The van der Waals surface area contributed by atoms with Crippen LogP contribution in [0.3, 0.4) is 0 Å². The first kappa shape index (κ1) is 11.0. The third-order valence-electron chi connectivity index (χ3n) is 3.04. The first-order valence-corrected chi connectivity index (χ1v) is 5.63. The van der Waals surface area contributed by atoms with Gasteiger partial charge >= 0.3 is 0 Å². The quantitative estimate of drug-likeness (QED) is 0.660. The maximum atomic E-state index is 2.61. The molecule has 2 nitrogen and oxygen atoms in total. The van der Waals surface area contributed by atoms with Crippen LogP contribution in [0.4, 0.5) is 0 Å². The third kappa shape index (κ3) is 2.96. The summed E-state index contributed by atoms with van der Waals surface area (Å²) in [6, 6.07) is 1.46. The molecule has 0 amide bonds. The third-order valence-corrected chi connectivity index (χ3v) is 3.04. The van der Waals surface area contributed by atoms with Crippen LogP contribution in [-0.2, 0) is 0 Å². The average Bonchev–Trinajstić information content (AvgIpc) is 2.08. The van der Waals surface area contributed by atoms with Crippen LogP contribution in [0.1, 0.15) is 34.1 Å². The van der Waals surface area contributed by atoms with Crippen LogP contribution in [-0.4, -0.2) is 48.1 Å². The topological polar surface area (TPSA) is 6.48 Å². The van der Waals surface area contributed by atoms with Gasteiger partial charge in [0.05, 0.1) is 0 Å². The molecule has 1 aliphatic heterocycles. The van der Waals surface area contributed by atoms with Crippen molar-refractivity contribution in [3.05, 3.63) is 0 Å². The molecule has 0 radical (unpaired) electrons. The highest BCUT2D eigenvalue weighted by Crippen LogP contribution is 2.11. The molecule has 1 rings (SSSR count). The Balaban J connectivity index is 2.37. The summed E-state index contributed by atoms with van der Waals surface area (Å²) in [5.41, 5.74) is 0. The van der Waals surface area contributed by atoms with E-state index in [0.717, 1.165) is 6.04 Å². The van der Waals surface area contributed by atoms with E-state index >= 15 is 0 Å². The standard InChI is InChI=1S/C11H24N2/c1-5-6-12-7-8-13(10(2)3)9-11(12)4/h10-11H,5-9H2,1-4H3/t11-/m1/s1. The molecule has 1 fully saturated rings. The molecule has 1 atom stereocenters. The first-order valence-electron chi connectivity index (χ1n) is 5.63. The molecular weight excluding hydrogens is 160 g/mol. The van der Waals surface area contributed by atoms with Crippen molar-refractivity contribution in [2.45, 2.75) is 46.2 Å². The number of rotatable bonds is 3. The zero-order valence-electron chi connectivity index (χ0n) is 9.58. The van der Waals surface area contributed by atoms with Gasteiger partial charge in [0.25, 0.3) is 0 Å². The fraction of sp³-hybridized carbons (Fsp3) is 1.00.